The van der Waals surface area contributed by atoms with Crippen molar-refractivity contribution in [3.05, 3.63) is 18.2 Å². The molecule has 0 aromatic heterocycles. The number of nitrogens with two attached hydrogens (primary N) is 1. The highest BCUT2D eigenvalue weighted by Crippen LogP contribution is 2.30. The molecule has 3 N–H and O–H groups in total. The lowest BCUT2D eigenvalue weighted by atomic mass is 10.2. The highest BCUT2D eigenvalue weighted by atomic mass is 16.5. The SMILES string of the molecule is CC1Nc2ccc(N)cc2OC1=O. The monoisotopic (exact) mass is 178 g/mol. The number of benzene rings is 1. The molecular weight excluding hydrogens is 168 g/mol. The van der Waals surface area contributed by atoms with E-state index < -0.39 is 0 Å². The molecule has 4 nitrogen and oxygen atoms in total. The molecule has 0 radical (unpaired) electrons. The van der Waals surface area contributed by atoms with Gasteiger partial charge in [-0.3, -0.25) is 0 Å². The Labute approximate surface area is 75.7 Å². The van der Waals surface area contributed by atoms with Crippen molar-refractivity contribution in [1.29, 1.82) is 0 Å². The zero-order chi connectivity index (χ0) is 9.42. The molecule has 0 fully saturated rings. The third-order valence-corrected chi connectivity index (χ3v) is 1.94. The first-order valence-corrected chi connectivity index (χ1v) is 4.04. The Kier molecular flexibility index (Phi) is 1.62. The summed E-state index contributed by atoms with van der Waals surface area (Å²) < 4.78 is 5.04. The van der Waals surface area contributed by atoms with Crippen molar-refractivity contribution in [2.75, 3.05) is 11.1 Å². The van der Waals surface area contributed by atoms with E-state index in [0.29, 0.717) is 11.4 Å². The fraction of sp³-hybridized carbons (Fsp3) is 0.222. The molecule has 0 saturated carbocycles. The molecule has 1 aliphatic rings. The molecule has 1 heterocycles. The second-order valence-corrected chi connectivity index (χ2v) is 3.04. The molecule has 2 rings (SSSR count). The van der Waals surface area contributed by atoms with Gasteiger partial charge in [0.2, 0.25) is 0 Å². The van der Waals surface area contributed by atoms with Crippen molar-refractivity contribution in [3.8, 4) is 5.75 Å². The Morgan fingerprint density at radius 3 is 3.08 bits per heavy atom. The van der Waals surface area contributed by atoms with Gasteiger partial charge in [-0.05, 0) is 19.1 Å². The van der Waals surface area contributed by atoms with Crippen molar-refractivity contribution < 1.29 is 9.53 Å². The second kappa shape index (κ2) is 2.65. The number of hydrogen-bond donors (Lipinski definition) is 2. The number of fused-ring (bicyclic) bond motifs is 1. The molecule has 4 heteroatoms. The van der Waals surface area contributed by atoms with Crippen LogP contribution in [-0.4, -0.2) is 12.0 Å². The lowest BCUT2D eigenvalue weighted by Gasteiger charge is -2.22. The number of nitrogens with one attached hydrogen (secondary N) is 1. The minimum atomic E-state index is -0.295. The summed E-state index contributed by atoms with van der Waals surface area (Å²) >= 11 is 0. The molecule has 0 amide bonds. The van der Waals surface area contributed by atoms with E-state index in [4.69, 9.17) is 10.5 Å². The van der Waals surface area contributed by atoms with Crippen LogP contribution in [0.4, 0.5) is 11.4 Å². The first-order valence-electron chi connectivity index (χ1n) is 4.04. The molecule has 0 spiro atoms. The molecule has 1 aliphatic heterocycles. The van der Waals surface area contributed by atoms with Gasteiger partial charge in [-0.1, -0.05) is 0 Å². The van der Waals surface area contributed by atoms with Crippen LogP contribution in [0, 0.1) is 0 Å². The minimum Gasteiger partial charge on any atom is -0.423 e. The van der Waals surface area contributed by atoms with Crippen molar-refractivity contribution >= 4 is 17.3 Å². The average Bonchev–Trinajstić information content (AvgIpc) is 2.08. The van der Waals surface area contributed by atoms with Gasteiger partial charge < -0.3 is 15.8 Å². The quantitative estimate of drug-likeness (QED) is 0.353. The highest BCUT2D eigenvalue weighted by molar-refractivity contribution is 5.86. The van der Waals surface area contributed by atoms with Crippen LogP contribution in [0.15, 0.2) is 18.2 Å². The summed E-state index contributed by atoms with van der Waals surface area (Å²) in [7, 11) is 0. The van der Waals surface area contributed by atoms with E-state index in [-0.39, 0.29) is 12.0 Å². The summed E-state index contributed by atoms with van der Waals surface area (Å²) in [5.74, 6) is 0.223. The molecule has 1 aromatic carbocycles. The van der Waals surface area contributed by atoms with Crippen LogP contribution in [0.5, 0.6) is 5.75 Å². The lowest BCUT2D eigenvalue weighted by molar-refractivity contribution is -0.135. The lowest BCUT2D eigenvalue weighted by Crippen LogP contribution is -2.34. The van der Waals surface area contributed by atoms with Gasteiger partial charge in [-0.15, -0.1) is 0 Å². The van der Waals surface area contributed by atoms with Crippen LogP contribution in [0.3, 0.4) is 0 Å². The van der Waals surface area contributed by atoms with Gasteiger partial charge >= 0.3 is 5.97 Å². The Morgan fingerprint density at radius 2 is 2.31 bits per heavy atom. The van der Waals surface area contributed by atoms with E-state index in [1.54, 1.807) is 25.1 Å². The number of nitrogen functional groups attached to an aromatic ring is 1. The van der Waals surface area contributed by atoms with Gasteiger partial charge in [0.1, 0.15) is 6.04 Å². The van der Waals surface area contributed by atoms with Crippen molar-refractivity contribution in [2.24, 2.45) is 0 Å². The van der Waals surface area contributed by atoms with Crippen LogP contribution in [0.2, 0.25) is 0 Å². The number of hydrogen-bond acceptors (Lipinski definition) is 4. The fourth-order valence-corrected chi connectivity index (χ4v) is 1.23. The molecule has 0 saturated heterocycles. The van der Waals surface area contributed by atoms with E-state index in [9.17, 15) is 4.79 Å². The number of esters is 1. The van der Waals surface area contributed by atoms with Gasteiger partial charge in [0, 0.05) is 11.8 Å². The van der Waals surface area contributed by atoms with Crippen LogP contribution < -0.4 is 15.8 Å². The smallest absolute Gasteiger partial charge is 0.333 e. The first-order chi connectivity index (χ1) is 6.16. The molecule has 1 aromatic rings. The largest absolute Gasteiger partial charge is 0.423 e. The number of carbonyl (C=O) groups excluding carboxylic acids is 1. The van der Waals surface area contributed by atoms with E-state index in [1.807, 2.05) is 0 Å². The van der Waals surface area contributed by atoms with Gasteiger partial charge in [-0.2, -0.15) is 0 Å². The Bertz CT molecular complexity index is 363. The molecule has 0 aliphatic carbocycles. The predicted octanol–water partition coefficient (Wildman–Crippen LogP) is 0.988. The highest BCUT2D eigenvalue weighted by Gasteiger charge is 2.23. The van der Waals surface area contributed by atoms with Crippen LogP contribution in [0.25, 0.3) is 0 Å². The molecular formula is C9H10N2O2. The summed E-state index contributed by atoms with van der Waals surface area (Å²) in [6.07, 6.45) is 0. The minimum absolute atomic E-state index is 0.280. The Morgan fingerprint density at radius 1 is 1.54 bits per heavy atom. The van der Waals surface area contributed by atoms with E-state index in [0.717, 1.165) is 5.69 Å². The van der Waals surface area contributed by atoms with Gasteiger partial charge in [0.25, 0.3) is 0 Å². The third-order valence-electron chi connectivity index (χ3n) is 1.94. The molecule has 68 valence electrons. The fourth-order valence-electron chi connectivity index (χ4n) is 1.23. The maximum absolute atomic E-state index is 11.1. The zero-order valence-corrected chi connectivity index (χ0v) is 7.20. The molecule has 13 heavy (non-hydrogen) atoms. The Balaban J connectivity index is 2.42. The number of anilines is 2. The number of carbonyl (C=O) groups is 1. The maximum Gasteiger partial charge on any atom is 0.333 e. The standard InChI is InChI=1S/C9H10N2O2/c1-5-9(12)13-8-4-6(10)2-3-7(8)11-5/h2-5,11H,10H2,1H3. The summed E-state index contributed by atoms with van der Waals surface area (Å²) in [5, 5.41) is 3.01. The van der Waals surface area contributed by atoms with Crippen molar-refractivity contribution in [2.45, 2.75) is 13.0 Å². The van der Waals surface area contributed by atoms with E-state index in [2.05, 4.69) is 5.32 Å². The van der Waals surface area contributed by atoms with Gasteiger partial charge in [0.15, 0.2) is 5.75 Å². The number of ether oxygens (including phenoxy) is 1. The normalized spacial score (nSPS) is 20.1. The van der Waals surface area contributed by atoms with Gasteiger partial charge in [-0.25, -0.2) is 4.79 Å². The van der Waals surface area contributed by atoms with Crippen molar-refractivity contribution in [3.63, 3.8) is 0 Å². The molecule has 1 atom stereocenters. The first kappa shape index (κ1) is 7.91. The van der Waals surface area contributed by atoms with Crippen LogP contribution in [-0.2, 0) is 4.79 Å². The predicted molar refractivity (Wildman–Crippen MR) is 49.6 cm³/mol. The van der Waals surface area contributed by atoms with Gasteiger partial charge in [0.05, 0.1) is 5.69 Å². The van der Waals surface area contributed by atoms with Crippen LogP contribution in [0.1, 0.15) is 6.92 Å². The van der Waals surface area contributed by atoms with Crippen molar-refractivity contribution in [1.82, 2.24) is 0 Å². The average molecular weight is 178 g/mol. The topological polar surface area (TPSA) is 64.3 Å². The Hall–Kier alpha value is -1.71. The molecule has 0 bridgehead atoms. The summed E-state index contributed by atoms with van der Waals surface area (Å²) in [6, 6.07) is 4.90. The zero-order valence-electron chi connectivity index (χ0n) is 7.20. The van der Waals surface area contributed by atoms with E-state index in [1.165, 1.54) is 0 Å². The van der Waals surface area contributed by atoms with E-state index >= 15 is 0 Å². The number of rotatable bonds is 0. The summed E-state index contributed by atoms with van der Waals surface area (Å²) in [6.45, 7) is 1.75. The summed E-state index contributed by atoms with van der Waals surface area (Å²) in [4.78, 5) is 11.1. The van der Waals surface area contributed by atoms with Crippen LogP contribution >= 0.6 is 0 Å². The molecule has 1 unspecified atom stereocenters. The third kappa shape index (κ3) is 1.30. The second-order valence-electron chi connectivity index (χ2n) is 3.04. The maximum atomic E-state index is 11.1. The summed E-state index contributed by atoms with van der Waals surface area (Å²) in [5.41, 5.74) is 6.94.